The number of nitrogen functional groups attached to an aromatic ring is 1. The first-order valence-electron chi connectivity index (χ1n) is 6.15. The van der Waals surface area contributed by atoms with Crippen molar-refractivity contribution in [2.24, 2.45) is 0 Å². The molecule has 0 spiro atoms. The first-order chi connectivity index (χ1) is 9.18. The van der Waals surface area contributed by atoms with Crippen molar-refractivity contribution in [2.75, 3.05) is 32.1 Å². The lowest BCUT2D eigenvalue weighted by atomic mass is 10.2. The highest BCUT2D eigenvalue weighted by molar-refractivity contribution is 5.64. The van der Waals surface area contributed by atoms with Gasteiger partial charge in [0.25, 0.3) is 0 Å². The van der Waals surface area contributed by atoms with Gasteiger partial charge in [-0.1, -0.05) is 12.1 Å². The number of benzene rings is 1. The summed E-state index contributed by atoms with van der Waals surface area (Å²) in [6, 6.07) is 7.58. The molecule has 0 aromatic heterocycles. The highest BCUT2D eigenvalue weighted by Gasteiger charge is 1.96. The van der Waals surface area contributed by atoms with Crippen LogP contribution in [0.3, 0.4) is 0 Å². The van der Waals surface area contributed by atoms with Crippen molar-refractivity contribution in [3.8, 4) is 0 Å². The van der Waals surface area contributed by atoms with Crippen LogP contribution >= 0.6 is 0 Å². The van der Waals surface area contributed by atoms with Gasteiger partial charge in [-0.3, -0.25) is 0 Å². The smallest absolute Gasteiger partial charge is 0.404 e. The van der Waals surface area contributed by atoms with Crippen molar-refractivity contribution in [3.05, 3.63) is 29.8 Å². The largest absolute Gasteiger partial charge is 0.465 e. The Morgan fingerprint density at radius 1 is 1.26 bits per heavy atom. The molecule has 1 rings (SSSR count). The summed E-state index contributed by atoms with van der Waals surface area (Å²) in [5.74, 6) is 0. The molecule has 0 aliphatic carbocycles. The molecule has 0 aliphatic heterocycles. The SMILES string of the molecule is Nc1cccc(COCCCOCCNC(=O)O)c1. The Bertz CT molecular complexity index is 385. The third kappa shape index (κ3) is 8.01. The normalized spacial score (nSPS) is 10.3. The molecule has 0 radical (unpaired) electrons. The first-order valence-corrected chi connectivity index (χ1v) is 6.15. The number of hydrogen-bond acceptors (Lipinski definition) is 4. The quantitative estimate of drug-likeness (QED) is 0.465. The summed E-state index contributed by atoms with van der Waals surface area (Å²) in [5.41, 5.74) is 7.43. The maximum Gasteiger partial charge on any atom is 0.404 e. The van der Waals surface area contributed by atoms with Crippen LogP contribution in [0.1, 0.15) is 12.0 Å². The molecular weight excluding hydrogens is 248 g/mol. The molecular formula is C13H20N2O4. The molecule has 1 aromatic rings. The Morgan fingerprint density at radius 2 is 2.05 bits per heavy atom. The highest BCUT2D eigenvalue weighted by Crippen LogP contribution is 2.07. The molecule has 1 aromatic carbocycles. The van der Waals surface area contributed by atoms with E-state index in [9.17, 15) is 4.79 Å². The van der Waals surface area contributed by atoms with Crippen molar-refractivity contribution in [1.29, 1.82) is 0 Å². The summed E-state index contributed by atoms with van der Waals surface area (Å²) in [4.78, 5) is 10.1. The molecule has 0 atom stereocenters. The molecule has 19 heavy (non-hydrogen) atoms. The lowest BCUT2D eigenvalue weighted by molar-refractivity contribution is 0.0764. The Labute approximate surface area is 112 Å². The highest BCUT2D eigenvalue weighted by atomic mass is 16.5. The molecule has 1 amide bonds. The van der Waals surface area contributed by atoms with Crippen LogP contribution in [-0.4, -0.2) is 37.6 Å². The van der Waals surface area contributed by atoms with Crippen LogP contribution in [0.2, 0.25) is 0 Å². The number of hydrogen-bond donors (Lipinski definition) is 3. The van der Waals surface area contributed by atoms with Crippen molar-refractivity contribution >= 4 is 11.8 Å². The Kier molecular flexibility index (Phi) is 7.38. The maximum absolute atomic E-state index is 10.1. The molecule has 6 heteroatoms. The van der Waals surface area contributed by atoms with Gasteiger partial charge in [0.1, 0.15) is 0 Å². The van der Waals surface area contributed by atoms with Gasteiger partial charge in [-0.05, 0) is 24.1 Å². The molecule has 106 valence electrons. The Morgan fingerprint density at radius 3 is 2.79 bits per heavy atom. The minimum atomic E-state index is -1.03. The van der Waals surface area contributed by atoms with E-state index in [1.54, 1.807) is 0 Å². The van der Waals surface area contributed by atoms with E-state index in [0.717, 1.165) is 17.7 Å². The number of carboxylic acid groups (broad SMARTS) is 1. The second-order valence-electron chi connectivity index (χ2n) is 4.00. The van der Waals surface area contributed by atoms with E-state index in [4.69, 9.17) is 20.3 Å². The number of ether oxygens (including phenoxy) is 2. The fourth-order valence-corrected chi connectivity index (χ4v) is 1.47. The van der Waals surface area contributed by atoms with E-state index in [0.29, 0.717) is 33.0 Å². The number of carbonyl (C=O) groups is 1. The number of rotatable bonds is 9. The summed E-state index contributed by atoms with van der Waals surface area (Å²) in [6.07, 6.45) is -0.260. The van der Waals surface area contributed by atoms with Crippen LogP contribution in [0, 0.1) is 0 Å². The third-order valence-electron chi connectivity index (χ3n) is 2.32. The van der Waals surface area contributed by atoms with Gasteiger partial charge in [0.2, 0.25) is 0 Å². The zero-order valence-electron chi connectivity index (χ0n) is 10.8. The van der Waals surface area contributed by atoms with Gasteiger partial charge >= 0.3 is 6.09 Å². The van der Waals surface area contributed by atoms with E-state index >= 15 is 0 Å². The number of nitrogens with one attached hydrogen (secondary N) is 1. The minimum Gasteiger partial charge on any atom is -0.465 e. The fourth-order valence-electron chi connectivity index (χ4n) is 1.47. The van der Waals surface area contributed by atoms with Gasteiger partial charge in [0, 0.05) is 25.4 Å². The van der Waals surface area contributed by atoms with Crippen LogP contribution in [0.25, 0.3) is 0 Å². The Hall–Kier alpha value is -1.79. The van der Waals surface area contributed by atoms with Crippen molar-refractivity contribution < 1.29 is 19.4 Å². The van der Waals surface area contributed by atoms with E-state index in [1.807, 2.05) is 24.3 Å². The molecule has 4 N–H and O–H groups in total. The fraction of sp³-hybridized carbons (Fsp3) is 0.462. The second-order valence-corrected chi connectivity index (χ2v) is 4.00. The zero-order chi connectivity index (χ0) is 13.9. The van der Waals surface area contributed by atoms with Crippen LogP contribution in [0.5, 0.6) is 0 Å². The van der Waals surface area contributed by atoms with Gasteiger partial charge in [-0.25, -0.2) is 4.79 Å². The minimum absolute atomic E-state index is 0.305. The van der Waals surface area contributed by atoms with Crippen molar-refractivity contribution in [3.63, 3.8) is 0 Å². The molecule has 6 nitrogen and oxygen atoms in total. The second kappa shape index (κ2) is 9.18. The molecule has 0 heterocycles. The van der Waals surface area contributed by atoms with Gasteiger partial charge in [-0.2, -0.15) is 0 Å². The molecule has 0 saturated heterocycles. The predicted octanol–water partition coefficient (Wildman–Crippen LogP) is 1.46. The van der Waals surface area contributed by atoms with E-state index < -0.39 is 6.09 Å². The summed E-state index contributed by atoms with van der Waals surface area (Å²) >= 11 is 0. The predicted molar refractivity (Wildman–Crippen MR) is 72.0 cm³/mol. The van der Waals surface area contributed by atoms with Crippen LogP contribution < -0.4 is 11.1 Å². The topological polar surface area (TPSA) is 93.8 Å². The summed E-state index contributed by atoms with van der Waals surface area (Å²) in [6.45, 7) is 2.37. The lowest BCUT2D eigenvalue weighted by Gasteiger charge is -2.06. The van der Waals surface area contributed by atoms with Gasteiger partial charge < -0.3 is 25.6 Å². The summed E-state index contributed by atoms with van der Waals surface area (Å²) in [7, 11) is 0. The van der Waals surface area contributed by atoms with Crippen molar-refractivity contribution in [2.45, 2.75) is 13.0 Å². The van der Waals surface area contributed by atoms with Crippen LogP contribution in [0.4, 0.5) is 10.5 Å². The maximum atomic E-state index is 10.1. The van der Waals surface area contributed by atoms with Gasteiger partial charge in [0.15, 0.2) is 0 Å². The van der Waals surface area contributed by atoms with Crippen molar-refractivity contribution in [1.82, 2.24) is 5.32 Å². The monoisotopic (exact) mass is 268 g/mol. The number of anilines is 1. The average Bonchev–Trinajstić information content (AvgIpc) is 2.36. The number of amides is 1. The van der Waals surface area contributed by atoms with Gasteiger partial charge in [0.05, 0.1) is 13.2 Å². The molecule has 0 bridgehead atoms. The standard InChI is InChI=1S/C13H20N2O4/c14-12-4-1-3-11(9-12)10-19-7-2-6-18-8-5-15-13(16)17/h1,3-4,9,15H,2,5-8,10,14H2,(H,16,17). The van der Waals surface area contributed by atoms with E-state index in [2.05, 4.69) is 5.32 Å². The Balaban J connectivity index is 1.93. The third-order valence-corrected chi connectivity index (χ3v) is 2.32. The summed E-state index contributed by atoms with van der Waals surface area (Å²) < 4.78 is 10.7. The van der Waals surface area contributed by atoms with Gasteiger partial charge in [-0.15, -0.1) is 0 Å². The lowest BCUT2D eigenvalue weighted by Crippen LogP contribution is -2.25. The van der Waals surface area contributed by atoms with E-state index in [-0.39, 0.29) is 0 Å². The molecule has 0 fully saturated rings. The van der Waals surface area contributed by atoms with Crippen LogP contribution in [0.15, 0.2) is 24.3 Å². The van der Waals surface area contributed by atoms with E-state index in [1.165, 1.54) is 0 Å². The molecule has 0 saturated carbocycles. The summed E-state index contributed by atoms with van der Waals surface area (Å²) in [5, 5.41) is 10.5. The zero-order valence-corrected chi connectivity index (χ0v) is 10.8. The van der Waals surface area contributed by atoms with Crippen LogP contribution in [-0.2, 0) is 16.1 Å². The number of nitrogens with two attached hydrogens (primary N) is 1. The first kappa shape index (κ1) is 15.3. The molecule has 0 aliphatic rings. The molecule has 0 unspecified atom stereocenters. The average molecular weight is 268 g/mol.